The molecule has 0 atom stereocenters. The lowest BCUT2D eigenvalue weighted by Crippen LogP contribution is -2.44. The van der Waals surface area contributed by atoms with Gasteiger partial charge in [0.05, 0.1) is 5.54 Å². The first kappa shape index (κ1) is 13.1. The van der Waals surface area contributed by atoms with Gasteiger partial charge in [-0.05, 0) is 39.2 Å². The zero-order valence-corrected chi connectivity index (χ0v) is 11.2. The highest BCUT2D eigenvalue weighted by Gasteiger charge is 2.39. The highest BCUT2D eigenvalue weighted by Crippen LogP contribution is 2.38. The van der Waals surface area contributed by atoms with Crippen LogP contribution in [0, 0.1) is 13.8 Å². The molecule has 1 aliphatic rings. The van der Waals surface area contributed by atoms with E-state index in [0.717, 1.165) is 30.6 Å². The molecular weight excluding hydrogens is 254 g/mol. The number of hydrogen-bond donors (Lipinski definition) is 1. The Morgan fingerprint density at radius 1 is 1.33 bits per heavy atom. The van der Waals surface area contributed by atoms with E-state index in [1.807, 2.05) is 19.9 Å². The third-order valence-corrected chi connectivity index (χ3v) is 3.35. The van der Waals surface area contributed by atoms with Gasteiger partial charge in [0.25, 0.3) is 5.89 Å². The summed E-state index contributed by atoms with van der Waals surface area (Å²) in [5, 5.41) is 3.97. The first-order valence-corrected chi connectivity index (χ1v) is 5.79. The molecule has 5 nitrogen and oxygen atoms in total. The maximum atomic E-state index is 6.14. The van der Waals surface area contributed by atoms with Gasteiger partial charge in [0, 0.05) is 5.56 Å². The molecule has 1 saturated carbocycles. The van der Waals surface area contributed by atoms with E-state index in [1.54, 1.807) is 0 Å². The number of nitrogens with zero attached hydrogens (tertiary/aromatic N) is 2. The Kier molecular flexibility index (Phi) is 3.21. The predicted octanol–water partition coefficient (Wildman–Crippen LogP) is 2.71. The zero-order chi connectivity index (χ0) is 12.0. The summed E-state index contributed by atoms with van der Waals surface area (Å²) in [6.45, 7) is 3.85. The molecule has 3 rings (SSSR count). The second-order valence-electron chi connectivity index (χ2n) is 4.80. The topological polar surface area (TPSA) is 78.1 Å². The van der Waals surface area contributed by atoms with E-state index >= 15 is 0 Å². The van der Waals surface area contributed by atoms with Gasteiger partial charge in [0.1, 0.15) is 5.76 Å². The van der Waals surface area contributed by atoms with E-state index in [0.29, 0.717) is 17.5 Å². The molecular formula is C12H16ClN3O2. The van der Waals surface area contributed by atoms with Crippen molar-refractivity contribution >= 4 is 12.4 Å². The zero-order valence-electron chi connectivity index (χ0n) is 10.4. The van der Waals surface area contributed by atoms with Crippen LogP contribution in [0.3, 0.4) is 0 Å². The van der Waals surface area contributed by atoms with E-state index in [2.05, 4.69) is 10.1 Å². The molecule has 2 N–H and O–H groups in total. The van der Waals surface area contributed by atoms with Gasteiger partial charge in [-0.25, -0.2) is 0 Å². The third-order valence-electron chi connectivity index (χ3n) is 3.35. The van der Waals surface area contributed by atoms with E-state index < -0.39 is 5.54 Å². The Morgan fingerprint density at radius 3 is 2.56 bits per heavy atom. The van der Waals surface area contributed by atoms with E-state index in [1.165, 1.54) is 0 Å². The molecule has 6 heteroatoms. The van der Waals surface area contributed by atoms with Gasteiger partial charge < -0.3 is 14.7 Å². The van der Waals surface area contributed by atoms with Crippen LogP contribution in [0.1, 0.15) is 36.4 Å². The maximum absolute atomic E-state index is 6.14. The maximum Gasteiger partial charge on any atom is 0.293 e. The Balaban J connectivity index is 0.00000120. The predicted molar refractivity (Wildman–Crippen MR) is 68.4 cm³/mol. The van der Waals surface area contributed by atoms with Gasteiger partial charge >= 0.3 is 0 Å². The molecule has 0 amide bonds. The van der Waals surface area contributed by atoms with Crippen molar-refractivity contribution in [2.24, 2.45) is 5.73 Å². The van der Waals surface area contributed by atoms with Crippen molar-refractivity contribution in [1.82, 2.24) is 10.1 Å². The summed E-state index contributed by atoms with van der Waals surface area (Å²) < 4.78 is 10.8. The van der Waals surface area contributed by atoms with Crippen molar-refractivity contribution in [3.63, 3.8) is 0 Å². The van der Waals surface area contributed by atoms with E-state index in [-0.39, 0.29) is 12.4 Å². The molecule has 0 unspecified atom stereocenters. The molecule has 0 aromatic carbocycles. The lowest BCUT2D eigenvalue weighted by Gasteiger charge is -2.34. The molecule has 2 heterocycles. The average molecular weight is 270 g/mol. The fourth-order valence-corrected chi connectivity index (χ4v) is 2.15. The highest BCUT2D eigenvalue weighted by molar-refractivity contribution is 5.85. The molecule has 98 valence electrons. The van der Waals surface area contributed by atoms with Gasteiger partial charge in [-0.1, -0.05) is 5.16 Å². The second-order valence-corrected chi connectivity index (χ2v) is 4.80. The molecule has 2 aromatic rings. The Bertz CT molecular complexity index is 557. The number of aryl methyl sites for hydroxylation is 2. The van der Waals surface area contributed by atoms with Gasteiger partial charge in [-0.15, -0.1) is 12.4 Å². The molecule has 1 aliphatic carbocycles. The SMILES string of the molecule is Cc1cc(C)c(-c2nc(C3(N)CCC3)no2)o1.Cl. The van der Waals surface area contributed by atoms with Crippen LogP contribution in [0.5, 0.6) is 0 Å². The quantitative estimate of drug-likeness (QED) is 0.907. The lowest BCUT2D eigenvalue weighted by molar-refractivity contribution is 0.229. The summed E-state index contributed by atoms with van der Waals surface area (Å²) in [5.74, 6) is 2.49. The van der Waals surface area contributed by atoms with Gasteiger partial charge in [0.2, 0.25) is 0 Å². The summed E-state index contributed by atoms with van der Waals surface area (Å²) >= 11 is 0. The first-order chi connectivity index (χ1) is 8.08. The summed E-state index contributed by atoms with van der Waals surface area (Å²) in [6, 6.07) is 1.95. The minimum atomic E-state index is -0.392. The van der Waals surface area contributed by atoms with Crippen LogP contribution in [0.15, 0.2) is 15.0 Å². The van der Waals surface area contributed by atoms with Crippen molar-refractivity contribution in [2.45, 2.75) is 38.6 Å². The highest BCUT2D eigenvalue weighted by atomic mass is 35.5. The van der Waals surface area contributed by atoms with Crippen molar-refractivity contribution in [3.8, 4) is 11.7 Å². The van der Waals surface area contributed by atoms with Crippen LogP contribution >= 0.6 is 12.4 Å². The molecule has 0 saturated heterocycles. The molecule has 1 fully saturated rings. The van der Waals surface area contributed by atoms with Crippen molar-refractivity contribution in [2.75, 3.05) is 0 Å². The number of nitrogens with two attached hydrogens (primary N) is 1. The molecule has 0 bridgehead atoms. The van der Waals surface area contributed by atoms with Crippen LogP contribution in [0.4, 0.5) is 0 Å². The average Bonchev–Trinajstić information content (AvgIpc) is 2.81. The Labute approximate surface area is 111 Å². The largest absolute Gasteiger partial charge is 0.456 e. The number of halogens is 1. The van der Waals surface area contributed by atoms with Gasteiger partial charge in [0.15, 0.2) is 11.6 Å². The number of furan rings is 1. The van der Waals surface area contributed by atoms with Gasteiger partial charge in [-0.3, -0.25) is 0 Å². The Morgan fingerprint density at radius 2 is 2.06 bits per heavy atom. The summed E-state index contributed by atoms with van der Waals surface area (Å²) in [6.07, 6.45) is 2.96. The van der Waals surface area contributed by atoms with E-state index in [9.17, 15) is 0 Å². The number of rotatable bonds is 2. The van der Waals surface area contributed by atoms with Crippen LogP contribution in [0.2, 0.25) is 0 Å². The lowest BCUT2D eigenvalue weighted by atomic mass is 9.77. The smallest absolute Gasteiger partial charge is 0.293 e. The molecule has 0 aliphatic heterocycles. The normalized spacial score (nSPS) is 17.1. The number of hydrogen-bond acceptors (Lipinski definition) is 5. The number of aromatic nitrogens is 2. The fraction of sp³-hybridized carbons (Fsp3) is 0.500. The minimum Gasteiger partial charge on any atom is -0.456 e. The molecule has 0 spiro atoms. The summed E-state index contributed by atoms with van der Waals surface area (Å²) in [7, 11) is 0. The van der Waals surface area contributed by atoms with Gasteiger partial charge in [-0.2, -0.15) is 4.98 Å². The monoisotopic (exact) mass is 269 g/mol. The standard InChI is InChI=1S/C12H15N3O2.ClH/c1-7-6-8(2)16-9(7)10-14-11(15-17-10)12(13)4-3-5-12;/h6H,3-5,13H2,1-2H3;1H. The third kappa shape index (κ3) is 1.93. The van der Waals surface area contributed by atoms with E-state index in [4.69, 9.17) is 14.7 Å². The molecule has 0 radical (unpaired) electrons. The second kappa shape index (κ2) is 4.40. The van der Waals surface area contributed by atoms with Crippen molar-refractivity contribution in [3.05, 3.63) is 23.2 Å². The minimum absolute atomic E-state index is 0. The van der Waals surface area contributed by atoms with Crippen LogP contribution in [-0.2, 0) is 5.54 Å². The van der Waals surface area contributed by atoms with Crippen molar-refractivity contribution in [1.29, 1.82) is 0 Å². The van der Waals surface area contributed by atoms with Crippen LogP contribution in [0.25, 0.3) is 11.7 Å². The fourth-order valence-electron chi connectivity index (χ4n) is 2.15. The summed E-state index contributed by atoms with van der Waals surface area (Å²) in [5.41, 5.74) is 6.75. The van der Waals surface area contributed by atoms with Crippen molar-refractivity contribution < 1.29 is 8.94 Å². The Hall–Kier alpha value is -1.33. The molecule has 18 heavy (non-hydrogen) atoms. The van der Waals surface area contributed by atoms with Crippen LogP contribution < -0.4 is 5.73 Å². The first-order valence-electron chi connectivity index (χ1n) is 5.79. The molecule has 2 aromatic heterocycles. The summed E-state index contributed by atoms with van der Waals surface area (Å²) in [4.78, 5) is 4.35. The van der Waals surface area contributed by atoms with Crippen LogP contribution in [-0.4, -0.2) is 10.1 Å².